The lowest BCUT2D eigenvalue weighted by Crippen LogP contribution is -2.32. The van der Waals surface area contributed by atoms with Crippen molar-refractivity contribution in [2.75, 3.05) is 18.8 Å². The van der Waals surface area contributed by atoms with Gasteiger partial charge in [0.1, 0.15) is 5.69 Å². The summed E-state index contributed by atoms with van der Waals surface area (Å²) in [6.45, 7) is 2.55. The van der Waals surface area contributed by atoms with Crippen molar-refractivity contribution >= 4 is 17.3 Å². The normalized spacial score (nSPS) is 19.8. The number of nitrogens with zero attached hydrogens (tertiary/aromatic N) is 2. The number of rotatable bonds is 3. The number of anilines is 1. The van der Waals surface area contributed by atoms with Gasteiger partial charge in [0, 0.05) is 31.1 Å². The second kappa shape index (κ2) is 6.52. The molecule has 0 aliphatic carbocycles. The number of nitro groups is 1. The lowest BCUT2D eigenvalue weighted by atomic mass is 9.95. The highest BCUT2D eigenvalue weighted by molar-refractivity contribution is 6.01. The Kier molecular flexibility index (Phi) is 4.41. The highest BCUT2D eigenvalue weighted by Gasteiger charge is 2.35. The molecule has 2 aromatic rings. The molecule has 1 saturated heterocycles. The van der Waals surface area contributed by atoms with E-state index in [0.29, 0.717) is 18.7 Å². The second-order valence-electron chi connectivity index (χ2n) is 6.39. The average molecular weight is 340 g/mol. The molecule has 1 fully saturated rings. The van der Waals surface area contributed by atoms with Gasteiger partial charge in [0.15, 0.2) is 0 Å². The number of aryl methyl sites for hydroxylation is 1. The number of hydrogen-bond donors (Lipinski definition) is 2. The maximum Gasteiger partial charge on any atom is 0.293 e. The molecule has 7 heteroatoms. The minimum Gasteiger partial charge on any atom is -0.393 e. The minimum atomic E-state index is -0.568. The summed E-state index contributed by atoms with van der Waals surface area (Å²) in [5, 5.41) is 11.1. The molecule has 130 valence electrons. The summed E-state index contributed by atoms with van der Waals surface area (Å²) >= 11 is 0. The van der Waals surface area contributed by atoms with E-state index in [4.69, 9.17) is 11.5 Å². The van der Waals surface area contributed by atoms with Gasteiger partial charge in [0.2, 0.25) is 0 Å². The van der Waals surface area contributed by atoms with Crippen LogP contribution in [0.3, 0.4) is 0 Å². The van der Waals surface area contributed by atoms with E-state index in [1.165, 1.54) is 6.07 Å². The zero-order chi connectivity index (χ0) is 18.1. The van der Waals surface area contributed by atoms with E-state index < -0.39 is 4.92 Å². The Morgan fingerprint density at radius 1 is 1.24 bits per heavy atom. The van der Waals surface area contributed by atoms with Crippen molar-refractivity contribution in [3.8, 4) is 0 Å². The third kappa shape index (κ3) is 3.18. The Bertz CT molecular complexity index is 823. The first kappa shape index (κ1) is 16.9. The zero-order valence-corrected chi connectivity index (χ0v) is 13.9. The van der Waals surface area contributed by atoms with Gasteiger partial charge in [-0.3, -0.25) is 14.9 Å². The number of nitrogen functional groups attached to an aromatic ring is 1. The number of amides is 1. The molecule has 2 aromatic carbocycles. The fraction of sp³-hybridized carbons (Fsp3) is 0.278. The Morgan fingerprint density at radius 3 is 2.56 bits per heavy atom. The van der Waals surface area contributed by atoms with Crippen LogP contribution < -0.4 is 11.5 Å². The maximum atomic E-state index is 12.9. The fourth-order valence-corrected chi connectivity index (χ4v) is 3.32. The van der Waals surface area contributed by atoms with Crippen molar-refractivity contribution in [1.82, 2.24) is 4.90 Å². The summed E-state index contributed by atoms with van der Waals surface area (Å²) in [5.41, 5.74) is 13.6. The van der Waals surface area contributed by atoms with Crippen LogP contribution in [0.25, 0.3) is 0 Å². The monoisotopic (exact) mass is 340 g/mol. The molecule has 0 saturated carbocycles. The van der Waals surface area contributed by atoms with Crippen molar-refractivity contribution in [3.63, 3.8) is 0 Å². The molecule has 0 bridgehead atoms. The molecule has 2 atom stereocenters. The molecule has 0 spiro atoms. The molecule has 4 N–H and O–H groups in total. The van der Waals surface area contributed by atoms with Crippen molar-refractivity contribution in [2.24, 2.45) is 5.73 Å². The van der Waals surface area contributed by atoms with Gasteiger partial charge in [-0.1, -0.05) is 30.3 Å². The van der Waals surface area contributed by atoms with Gasteiger partial charge in [0.05, 0.1) is 10.5 Å². The third-order valence-electron chi connectivity index (χ3n) is 4.61. The number of carbonyl (C=O) groups is 1. The van der Waals surface area contributed by atoms with Crippen LogP contribution in [0.1, 0.15) is 27.4 Å². The summed E-state index contributed by atoms with van der Waals surface area (Å²) in [5.74, 6) is -0.288. The lowest BCUT2D eigenvalue weighted by molar-refractivity contribution is -0.384. The van der Waals surface area contributed by atoms with Crippen molar-refractivity contribution < 1.29 is 9.72 Å². The predicted octanol–water partition coefficient (Wildman–Crippen LogP) is 2.05. The van der Waals surface area contributed by atoms with Gasteiger partial charge in [-0.2, -0.15) is 0 Å². The first-order valence-corrected chi connectivity index (χ1v) is 8.02. The standard InChI is InChI=1S/C18H20N4O3/c1-11-7-13(17(20)16(8-11)22(24)25)18(23)21-9-14(15(19)10-21)12-5-3-2-4-6-12/h2-8,14-15H,9-10,19-20H2,1H3/t14-,15+/m0/s1. The molecule has 1 amide bonds. The molecule has 0 unspecified atom stereocenters. The molecule has 1 heterocycles. The molecular weight excluding hydrogens is 320 g/mol. The highest BCUT2D eigenvalue weighted by Crippen LogP contribution is 2.31. The Labute approximate surface area is 145 Å². The summed E-state index contributed by atoms with van der Waals surface area (Å²) < 4.78 is 0. The molecule has 1 aliphatic rings. The first-order valence-electron chi connectivity index (χ1n) is 8.02. The van der Waals surface area contributed by atoms with Gasteiger partial charge in [-0.15, -0.1) is 0 Å². The van der Waals surface area contributed by atoms with Crippen LogP contribution in [0, 0.1) is 17.0 Å². The van der Waals surface area contributed by atoms with Gasteiger partial charge >= 0.3 is 0 Å². The molecule has 25 heavy (non-hydrogen) atoms. The van der Waals surface area contributed by atoms with E-state index in [1.54, 1.807) is 17.9 Å². The SMILES string of the molecule is Cc1cc(C(=O)N2C[C@@H](N)[C@H](c3ccccc3)C2)c(N)c([N+](=O)[O-])c1. The van der Waals surface area contributed by atoms with Crippen molar-refractivity contribution in [2.45, 2.75) is 18.9 Å². The van der Waals surface area contributed by atoms with Crippen molar-refractivity contribution in [3.05, 3.63) is 69.3 Å². The van der Waals surface area contributed by atoms with E-state index in [9.17, 15) is 14.9 Å². The smallest absolute Gasteiger partial charge is 0.293 e. The van der Waals surface area contributed by atoms with Crippen LogP contribution >= 0.6 is 0 Å². The van der Waals surface area contributed by atoms with Crippen LogP contribution in [0.15, 0.2) is 42.5 Å². The molecular formula is C18H20N4O3. The largest absolute Gasteiger partial charge is 0.393 e. The number of nitro benzene ring substituents is 1. The third-order valence-corrected chi connectivity index (χ3v) is 4.61. The maximum absolute atomic E-state index is 12.9. The summed E-state index contributed by atoms with van der Waals surface area (Å²) in [6.07, 6.45) is 0. The summed E-state index contributed by atoms with van der Waals surface area (Å²) in [7, 11) is 0. The van der Waals surface area contributed by atoms with E-state index in [-0.39, 0.29) is 34.8 Å². The summed E-state index contributed by atoms with van der Waals surface area (Å²) in [6, 6.07) is 12.6. The molecule has 3 rings (SSSR count). The Balaban J connectivity index is 1.89. The molecule has 0 aromatic heterocycles. The van der Waals surface area contributed by atoms with Gasteiger partial charge in [-0.25, -0.2) is 0 Å². The van der Waals surface area contributed by atoms with Gasteiger partial charge in [0.25, 0.3) is 11.6 Å². The van der Waals surface area contributed by atoms with Gasteiger partial charge in [-0.05, 0) is 24.1 Å². The summed E-state index contributed by atoms with van der Waals surface area (Å²) in [4.78, 5) is 25.1. The number of benzene rings is 2. The Morgan fingerprint density at radius 2 is 1.92 bits per heavy atom. The quantitative estimate of drug-likeness (QED) is 0.504. The van der Waals surface area contributed by atoms with Crippen LogP contribution in [0.5, 0.6) is 0 Å². The minimum absolute atomic E-state index is 0.0335. The van der Waals surface area contributed by atoms with E-state index in [1.807, 2.05) is 30.3 Å². The van der Waals surface area contributed by atoms with Crippen LogP contribution in [0.2, 0.25) is 0 Å². The Hall–Kier alpha value is -2.93. The zero-order valence-electron chi connectivity index (χ0n) is 13.9. The van der Waals surface area contributed by atoms with Gasteiger partial charge < -0.3 is 16.4 Å². The fourth-order valence-electron chi connectivity index (χ4n) is 3.32. The first-order chi connectivity index (χ1) is 11.9. The molecule has 1 aliphatic heterocycles. The number of likely N-dealkylation sites (tertiary alicyclic amines) is 1. The van der Waals surface area contributed by atoms with Crippen molar-refractivity contribution in [1.29, 1.82) is 0 Å². The van der Waals surface area contributed by atoms with E-state index in [2.05, 4.69) is 0 Å². The average Bonchev–Trinajstić information content (AvgIpc) is 2.98. The molecule has 7 nitrogen and oxygen atoms in total. The van der Waals surface area contributed by atoms with Crippen LogP contribution in [-0.2, 0) is 0 Å². The second-order valence-corrected chi connectivity index (χ2v) is 6.39. The number of nitrogens with two attached hydrogens (primary N) is 2. The highest BCUT2D eigenvalue weighted by atomic mass is 16.6. The lowest BCUT2D eigenvalue weighted by Gasteiger charge is -2.18. The van der Waals surface area contributed by atoms with E-state index in [0.717, 1.165) is 5.56 Å². The topological polar surface area (TPSA) is 115 Å². The molecule has 0 radical (unpaired) electrons. The van der Waals surface area contributed by atoms with E-state index >= 15 is 0 Å². The van der Waals surface area contributed by atoms with Crippen LogP contribution in [-0.4, -0.2) is 34.9 Å². The number of hydrogen-bond acceptors (Lipinski definition) is 5. The van der Waals surface area contributed by atoms with Crippen LogP contribution in [0.4, 0.5) is 11.4 Å². The predicted molar refractivity (Wildman–Crippen MR) is 95.3 cm³/mol. The number of carbonyl (C=O) groups excluding carboxylic acids is 1.